The van der Waals surface area contributed by atoms with Crippen LogP contribution in [0.1, 0.15) is 77.9 Å². The number of carbonyl (C=O) groups excluding carboxylic acids is 2. The lowest BCUT2D eigenvalue weighted by atomic mass is 9.33. The van der Waals surface area contributed by atoms with Crippen molar-refractivity contribution < 1.29 is 47.5 Å². The molecular formula is C30H38O10. The van der Waals surface area contributed by atoms with E-state index in [4.69, 9.17) is 32.8 Å². The SMILES string of the molecule is COC(=O)CC1C2(C)CC3(O)C4OC(=O)CC5C(C)(C(OC)c6ccoc6)CCC67OC(C)(OC546)OC3(C2)C17C. The lowest BCUT2D eigenvalue weighted by Gasteiger charge is -2.77. The Morgan fingerprint density at radius 2 is 1.85 bits per heavy atom. The van der Waals surface area contributed by atoms with Crippen LogP contribution in [-0.4, -0.2) is 65.7 Å². The summed E-state index contributed by atoms with van der Waals surface area (Å²) in [5.41, 5.74) is -6.00. The summed E-state index contributed by atoms with van der Waals surface area (Å²) in [7, 11) is 3.07. The summed E-state index contributed by atoms with van der Waals surface area (Å²) >= 11 is 0. The molecule has 3 spiro atoms. The van der Waals surface area contributed by atoms with Gasteiger partial charge in [-0.05, 0) is 43.1 Å². The van der Waals surface area contributed by atoms with Crippen LogP contribution in [0.2, 0.25) is 0 Å². The van der Waals surface area contributed by atoms with Crippen LogP contribution in [0.4, 0.5) is 0 Å². The number of carbonyl (C=O) groups is 2. The van der Waals surface area contributed by atoms with Gasteiger partial charge >= 0.3 is 11.9 Å². The second-order valence-electron chi connectivity index (χ2n) is 14.4. The average molecular weight is 559 g/mol. The summed E-state index contributed by atoms with van der Waals surface area (Å²) in [5, 5.41) is 13.0. The van der Waals surface area contributed by atoms with Crippen LogP contribution in [0.15, 0.2) is 23.0 Å². The molecule has 3 aliphatic heterocycles. The van der Waals surface area contributed by atoms with Gasteiger partial charge in [-0.1, -0.05) is 20.8 Å². The van der Waals surface area contributed by atoms with Crippen molar-refractivity contribution in [1.82, 2.24) is 0 Å². The molecular weight excluding hydrogens is 520 g/mol. The van der Waals surface area contributed by atoms with E-state index in [0.29, 0.717) is 25.7 Å². The molecule has 4 saturated carbocycles. The van der Waals surface area contributed by atoms with Crippen LogP contribution >= 0.6 is 0 Å². The number of hydrogen-bond donors (Lipinski definition) is 1. The maximum absolute atomic E-state index is 13.5. The number of methoxy groups -OCH3 is 2. The molecule has 10 heteroatoms. The molecule has 4 bridgehead atoms. The summed E-state index contributed by atoms with van der Waals surface area (Å²) in [6.45, 7) is 8.13. The molecule has 1 N–H and O–H groups in total. The van der Waals surface area contributed by atoms with Crippen molar-refractivity contribution in [1.29, 1.82) is 0 Å². The van der Waals surface area contributed by atoms with Gasteiger partial charge in [0, 0.05) is 42.8 Å². The molecule has 8 rings (SSSR count). The second-order valence-corrected chi connectivity index (χ2v) is 14.4. The highest BCUT2D eigenvalue weighted by Crippen LogP contribution is 2.89. The van der Waals surface area contributed by atoms with E-state index < -0.39 is 62.7 Å². The maximum Gasteiger partial charge on any atom is 0.306 e. The van der Waals surface area contributed by atoms with E-state index >= 15 is 0 Å². The van der Waals surface area contributed by atoms with Gasteiger partial charge in [-0.2, -0.15) is 0 Å². The number of fused-ring (bicyclic) bond motifs is 3. The van der Waals surface area contributed by atoms with Crippen molar-refractivity contribution in [2.24, 2.45) is 28.1 Å². The first-order valence-corrected chi connectivity index (χ1v) is 14.4. The standard InChI is InChI=1S/C30H38O10/c1-23-14-27(33)22-30-18(12-20(32)37-22)24(2,21(35-6)16-7-10-36-13-16)8-9-28(30)25(3,17(23)11-19(31)34-5)29(27,15-23)39-26(4,38-28)40-30/h7,10,13,17-18,21-22,33H,8-9,11-12,14-15H2,1-6H3. The third kappa shape index (κ3) is 2.25. The van der Waals surface area contributed by atoms with Crippen molar-refractivity contribution in [3.8, 4) is 0 Å². The molecule has 0 aromatic carbocycles. The van der Waals surface area contributed by atoms with Crippen molar-refractivity contribution in [2.75, 3.05) is 14.2 Å². The van der Waals surface area contributed by atoms with Gasteiger partial charge in [0.25, 0.3) is 5.97 Å². The van der Waals surface area contributed by atoms with Gasteiger partial charge in [-0.3, -0.25) is 9.59 Å². The highest BCUT2D eigenvalue weighted by atomic mass is 16.9. The zero-order chi connectivity index (χ0) is 28.4. The lowest BCUT2D eigenvalue weighted by molar-refractivity contribution is -0.472. The molecule has 0 amide bonds. The Morgan fingerprint density at radius 1 is 1.10 bits per heavy atom. The predicted molar refractivity (Wildman–Crippen MR) is 134 cm³/mol. The molecule has 7 fully saturated rings. The van der Waals surface area contributed by atoms with Gasteiger partial charge in [0.1, 0.15) is 22.4 Å². The number of furan rings is 1. The third-order valence-corrected chi connectivity index (χ3v) is 13.0. The molecule has 7 aliphatic rings. The minimum absolute atomic E-state index is 0.0734. The fraction of sp³-hybridized carbons (Fsp3) is 0.800. The largest absolute Gasteiger partial charge is 0.472 e. The predicted octanol–water partition coefficient (Wildman–Crippen LogP) is 3.41. The lowest BCUT2D eigenvalue weighted by Crippen LogP contribution is -2.92. The quantitative estimate of drug-likeness (QED) is 0.538. The topological polar surface area (TPSA) is 123 Å². The number of hydrogen-bond acceptors (Lipinski definition) is 10. The third-order valence-electron chi connectivity index (χ3n) is 13.0. The van der Waals surface area contributed by atoms with E-state index in [1.54, 1.807) is 26.6 Å². The van der Waals surface area contributed by atoms with E-state index in [9.17, 15) is 14.7 Å². The van der Waals surface area contributed by atoms with Crippen LogP contribution < -0.4 is 0 Å². The molecule has 12 atom stereocenters. The molecule has 3 saturated heterocycles. The zero-order valence-corrected chi connectivity index (χ0v) is 23.9. The van der Waals surface area contributed by atoms with Crippen molar-refractivity contribution in [2.45, 2.75) is 107 Å². The van der Waals surface area contributed by atoms with Crippen LogP contribution in [-0.2, 0) is 38.0 Å². The molecule has 4 heterocycles. The zero-order valence-electron chi connectivity index (χ0n) is 23.9. The first kappa shape index (κ1) is 25.7. The van der Waals surface area contributed by atoms with Crippen molar-refractivity contribution in [3.63, 3.8) is 0 Å². The van der Waals surface area contributed by atoms with E-state index in [2.05, 4.69) is 20.8 Å². The summed E-state index contributed by atoms with van der Waals surface area (Å²) in [5.74, 6) is -2.81. The minimum atomic E-state index is -1.54. The Bertz CT molecular complexity index is 1330. The van der Waals surface area contributed by atoms with Crippen molar-refractivity contribution in [3.05, 3.63) is 24.2 Å². The molecule has 1 aromatic heterocycles. The molecule has 218 valence electrons. The molecule has 12 unspecified atom stereocenters. The highest BCUT2D eigenvalue weighted by Gasteiger charge is 3.01. The molecule has 1 aromatic rings. The van der Waals surface area contributed by atoms with Crippen molar-refractivity contribution >= 4 is 11.9 Å². The number of ether oxygens (including phenoxy) is 6. The van der Waals surface area contributed by atoms with Crippen LogP contribution in [0.5, 0.6) is 0 Å². The minimum Gasteiger partial charge on any atom is -0.472 e. The number of esters is 2. The van der Waals surface area contributed by atoms with Crippen LogP contribution in [0.3, 0.4) is 0 Å². The first-order chi connectivity index (χ1) is 18.7. The van der Waals surface area contributed by atoms with Gasteiger partial charge in [0.2, 0.25) is 0 Å². The van der Waals surface area contributed by atoms with E-state index in [0.717, 1.165) is 5.56 Å². The molecule has 0 radical (unpaired) electrons. The Morgan fingerprint density at radius 3 is 2.52 bits per heavy atom. The fourth-order valence-corrected chi connectivity index (χ4v) is 12.1. The summed E-state index contributed by atoms with van der Waals surface area (Å²) in [6.07, 6.45) is 4.12. The van der Waals surface area contributed by atoms with E-state index in [1.165, 1.54) is 7.11 Å². The van der Waals surface area contributed by atoms with Gasteiger partial charge in [-0.25, -0.2) is 0 Å². The number of aliphatic hydroxyl groups is 1. The van der Waals surface area contributed by atoms with Gasteiger partial charge < -0.3 is 37.9 Å². The fourth-order valence-electron chi connectivity index (χ4n) is 12.1. The van der Waals surface area contributed by atoms with Crippen LogP contribution in [0, 0.1) is 28.1 Å². The number of rotatable bonds is 5. The molecule has 10 nitrogen and oxygen atoms in total. The summed E-state index contributed by atoms with van der Waals surface area (Å²) in [4.78, 5) is 26.4. The van der Waals surface area contributed by atoms with Gasteiger partial charge in [0.15, 0.2) is 6.10 Å². The first-order valence-electron chi connectivity index (χ1n) is 14.4. The summed E-state index contributed by atoms with van der Waals surface area (Å²) < 4.78 is 44.0. The Balaban J connectivity index is 1.41. The summed E-state index contributed by atoms with van der Waals surface area (Å²) in [6, 6.07) is 1.89. The maximum atomic E-state index is 13.5. The van der Waals surface area contributed by atoms with Gasteiger partial charge in [-0.15, -0.1) is 0 Å². The monoisotopic (exact) mass is 558 g/mol. The second kappa shape index (κ2) is 6.97. The Labute approximate surface area is 232 Å². The van der Waals surface area contributed by atoms with E-state index in [1.807, 2.05) is 6.07 Å². The molecule has 40 heavy (non-hydrogen) atoms. The van der Waals surface area contributed by atoms with Gasteiger partial charge in [0.05, 0.1) is 32.2 Å². The van der Waals surface area contributed by atoms with Crippen LogP contribution in [0.25, 0.3) is 0 Å². The normalized spacial score (nSPS) is 57.1. The van der Waals surface area contributed by atoms with E-state index in [-0.39, 0.29) is 30.7 Å². The smallest absolute Gasteiger partial charge is 0.306 e. The average Bonchev–Trinajstić information content (AvgIpc) is 3.58. The molecule has 4 aliphatic carbocycles. The Kier molecular flexibility index (Phi) is 4.48. The Hall–Kier alpha value is -1.98. The highest BCUT2D eigenvalue weighted by molar-refractivity contribution is 5.74.